The summed E-state index contributed by atoms with van der Waals surface area (Å²) in [4.78, 5) is 24.9. The van der Waals surface area contributed by atoms with E-state index >= 15 is 0 Å². The molecule has 0 aliphatic heterocycles. The first-order valence-corrected chi connectivity index (χ1v) is 9.45. The summed E-state index contributed by atoms with van der Waals surface area (Å²) in [5, 5.41) is 47.3. The summed E-state index contributed by atoms with van der Waals surface area (Å²) in [5.41, 5.74) is 1.47. The first kappa shape index (κ1) is 23.7. The van der Waals surface area contributed by atoms with Gasteiger partial charge in [-0.05, 0) is 18.6 Å². The van der Waals surface area contributed by atoms with E-state index in [1.54, 1.807) is 61.5 Å². The Labute approximate surface area is 174 Å². The molecule has 0 saturated carbocycles. The number of ether oxygens (including phenoxy) is 1. The second kappa shape index (κ2) is 11.0. The number of carbonyl (C=O) groups excluding carboxylic acids is 2. The van der Waals surface area contributed by atoms with Gasteiger partial charge < -0.3 is 30.3 Å². The van der Waals surface area contributed by atoms with Gasteiger partial charge in [-0.25, -0.2) is 0 Å². The molecule has 0 radical (unpaired) electrons. The highest BCUT2D eigenvalue weighted by molar-refractivity contribution is 6.09. The number of aliphatic hydroxyl groups excluding tert-OH is 5. The molecular formula is C22H26O8. The SMILES string of the molecule is CC(C(=O)OC[C@@H](O)[C@@H](O)[C@H](O)[C@@H](O)CO)c1cccc(C(=O)c2ccccc2)c1. The van der Waals surface area contributed by atoms with Gasteiger partial charge in [-0.1, -0.05) is 48.5 Å². The quantitative estimate of drug-likeness (QED) is 0.268. The Kier molecular flexibility index (Phi) is 8.64. The van der Waals surface area contributed by atoms with E-state index < -0.39 is 49.5 Å². The fourth-order valence-corrected chi connectivity index (χ4v) is 2.80. The molecule has 0 amide bonds. The normalized spacial score (nSPS) is 16.2. The van der Waals surface area contributed by atoms with Gasteiger partial charge in [0.05, 0.1) is 12.5 Å². The summed E-state index contributed by atoms with van der Waals surface area (Å²) < 4.78 is 5.00. The Bertz CT molecular complexity index is 838. The molecule has 2 rings (SSSR count). The third-order valence-corrected chi connectivity index (χ3v) is 4.76. The molecule has 30 heavy (non-hydrogen) atoms. The average Bonchev–Trinajstić information content (AvgIpc) is 2.80. The Morgan fingerprint density at radius 2 is 1.47 bits per heavy atom. The zero-order valence-corrected chi connectivity index (χ0v) is 16.5. The molecule has 0 fully saturated rings. The topological polar surface area (TPSA) is 145 Å². The molecule has 0 spiro atoms. The van der Waals surface area contributed by atoms with Crippen molar-refractivity contribution in [1.82, 2.24) is 0 Å². The van der Waals surface area contributed by atoms with E-state index in [9.17, 15) is 30.0 Å². The molecule has 0 saturated heterocycles. The number of aliphatic hydroxyl groups is 5. The molecule has 0 aliphatic carbocycles. The lowest BCUT2D eigenvalue weighted by Gasteiger charge is -2.25. The van der Waals surface area contributed by atoms with Crippen molar-refractivity contribution >= 4 is 11.8 Å². The molecule has 0 aliphatic rings. The Morgan fingerprint density at radius 1 is 0.867 bits per heavy atom. The lowest BCUT2D eigenvalue weighted by Crippen LogP contribution is -2.47. The van der Waals surface area contributed by atoms with Gasteiger partial charge in [0.25, 0.3) is 0 Å². The first-order chi connectivity index (χ1) is 14.3. The molecule has 2 aromatic carbocycles. The van der Waals surface area contributed by atoms with Crippen LogP contribution in [-0.4, -0.2) is 74.9 Å². The van der Waals surface area contributed by atoms with Gasteiger partial charge in [0.15, 0.2) is 5.78 Å². The van der Waals surface area contributed by atoms with Gasteiger partial charge >= 0.3 is 5.97 Å². The standard InChI is InChI=1S/C22H26O8/c1-13(22(29)30-12-18(25)21(28)20(27)17(24)11-23)15-8-5-9-16(10-15)19(26)14-6-3-2-4-7-14/h2-10,13,17-18,20-21,23-25,27-28H,11-12H2,1H3/t13?,17-,18+,20+,21+/m0/s1. The van der Waals surface area contributed by atoms with Crippen molar-refractivity contribution in [3.05, 3.63) is 71.3 Å². The predicted octanol–water partition coefficient (Wildman–Crippen LogP) is 0.000200. The van der Waals surface area contributed by atoms with Crippen LogP contribution in [0.1, 0.15) is 34.3 Å². The van der Waals surface area contributed by atoms with Gasteiger partial charge in [0.2, 0.25) is 0 Å². The van der Waals surface area contributed by atoms with Gasteiger partial charge in [0.1, 0.15) is 31.0 Å². The van der Waals surface area contributed by atoms with Crippen LogP contribution in [0.3, 0.4) is 0 Å². The fourth-order valence-electron chi connectivity index (χ4n) is 2.80. The van der Waals surface area contributed by atoms with E-state index in [0.717, 1.165) is 0 Å². The Hall–Kier alpha value is -2.62. The molecule has 5 N–H and O–H groups in total. The number of esters is 1. The van der Waals surface area contributed by atoms with E-state index in [4.69, 9.17) is 9.84 Å². The molecule has 8 nitrogen and oxygen atoms in total. The van der Waals surface area contributed by atoms with Crippen molar-refractivity contribution in [3.8, 4) is 0 Å². The molecule has 5 atom stereocenters. The summed E-state index contributed by atoms with van der Waals surface area (Å²) in [6.07, 6.45) is -6.93. The monoisotopic (exact) mass is 418 g/mol. The number of rotatable bonds is 10. The van der Waals surface area contributed by atoms with Crippen molar-refractivity contribution < 1.29 is 39.9 Å². The van der Waals surface area contributed by atoms with E-state index in [2.05, 4.69) is 0 Å². The van der Waals surface area contributed by atoms with Crippen molar-refractivity contribution in [3.63, 3.8) is 0 Å². The Balaban J connectivity index is 2.00. The van der Waals surface area contributed by atoms with Crippen LogP contribution in [0.4, 0.5) is 0 Å². The minimum Gasteiger partial charge on any atom is -0.462 e. The molecule has 8 heteroatoms. The van der Waals surface area contributed by atoms with E-state index in [1.165, 1.54) is 0 Å². The van der Waals surface area contributed by atoms with Gasteiger partial charge in [0, 0.05) is 11.1 Å². The molecule has 0 bridgehead atoms. The van der Waals surface area contributed by atoms with Crippen LogP contribution in [0, 0.1) is 0 Å². The van der Waals surface area contributed by atoms with Crippen LogP contribution in [-0.2, 0) is 9.53 Å². The lowest BCUT2D eigenvalue weighted by molar-refractivity contribution is -0.157. The molecule has 2 aromatic rings. The number of benzene rings is 2. The molecular weight excluding hydrogens is 392 g/mol. The van der Waals surface area contributed by atoms with Crippen LogP contribution >= 0.6 is 0 Å². The molecule has 0 heterocycles. The van der Waals surface area contributed by atoms with Crippen LogP contribution in [0.5, 0.6) is 0 Å². The predicted molar refractivity (Wildman–Crippen MR) is 107 cm³/mol. The van der Waals surface area contributed by atoms with Crippen molar-refractivity contribution in [2.75, 3.05) is 13.2 Å². The third kappa shape index (κ3) is 5.94. The van der Waals surface area contributed by atoms with Crippen LogP contribution in [0.25, 0.3) is 0 Å². The lowest BCUT2D eigenvalue weighted by atomic mass is 9.96. The van der Waals surface area contributed by atoms with Gasteiger partial charge in [-0.3, -0.25) is 9.59 Å². The van der Waals surface area contributed by atoms with Crippen molar-refractivity contribution in [1.29, 1.82) is 0 Å². The van der Waals surface area contributed by atoms with Crippen molar-refractivity contribution in [2.24, 2.45) is 0 Å². The minimum atomic E-state index is -1.82. The number of carbonyl (C=O) groups is 2. The van der Waals surface area contributed by atoms with Crippen molar-refractivity contribution in [2.45, 2.75) is 37.3 Å². The van der Waals surface area contributed by atoms with Crippen LogP contribution < -0.4 is 0 Å². The van der Waals surface area contributed by atoms with Crippen LogP contribution in [0.15, 0.2) is 54.6 Å². The second-order valence-corrected chi connectivity index (χ2v) is 6.97. The van der Waals surface area contributed by atoms with Gasteiger partial charge in [-0.15, -0.1) is 0 Å². The summed E-state index contributed by atoms with van der Waals surface area (Å²) in [6.45, 7) is 0.142. The van der Waals surface area contributed by atoms with Gasteiger partial charge in [-0.2, -0.15) is 0 Å². The highest BCUT2D eigenvalue weighted by Crippen LogP contribution is 2.20. The highest BCUT2D eigenvalue weighted by atomic mass is 16.5. The Morgan fingerprint density at radius 3 is 2.10 bits per heavy atom. The number of hydrogen-bond donors (Lipinski definition) is 5. The smallest absolute Gasteiger partial charge is 0.313 e. The summed E-state index contributed by atoms with van der Waals surface area (Å²) in [5.74, 6) is -1.65. The molecule has 162 valence electrons. The number of ketones is 1. The maximum Gasteiger partial charge on any atom is 0.313 e. The number of hydrogen-bond acceptors (Lipinski definition) is 8. The van der Waals surface area contributed by atoms with E-state index in [-0.39, 0.29) is 5.78 Å². The first-order valence-electron chi connectivity index (χ1n) is 9.45. The molecule has 0 aromatic heterocycles. The second-order valence-electron chi connectivity index (χ2n) is 6.97. The maximum absolute atomic E-state index is 12.6. The highest BCUT2D eigenvalue weighted by Gasteiger charge is 2.31. The fraction of sp³-hybridized carbons (Fsp3) is 0.364. The third-order valence-electron chi connectivity index (χ3n) is 4.76. The molecule has 1 unspecified atom stereocenters. The summed E-state index contributed by atoms with van der Waals surface area (Å²) >= 11 is 0. The van der Waals surface area contributed by atoms with E-state index in [0.29, 0.717) is 16.7 Å². The van der Waals surface area contributed by atoms with E-state index in [1.807, 2.05) is 0 Å². The zero-order valence-electron chi connectivity index (χ0n) is 16.5. The minimum absolute atomic E-state index is 0.187. The maximum atomic E-state index is 12.6. The van der Waals surface area contributed by atoms with Crippen LogP contribution in [0.2, 0.25) is 0 Å². The zero-order chi connectivity index (χ0) is 22.3. The summed E-state index contributed by atoms with van der Waals surface area (Å²) in [7, 11) is 0. The summed E-state index contributed by atoms with van der Waals surface area (Å²) in [6, 6.07) is 15.3. The largest absolute Gasteiger partial charge is 0.462 e. The average molecular weight is 418 g/mol.